The maximum absolute atomic E-state index is 14.0. The second-order valence-corrected chi connectivity index (χ2v) is 12.4. The zero-order valence-corrected chi connectivity index (χ0v) is 26.5. The smallest absolute Gasteiger partial charge is 0.324 e. The molecule has 1 atom stereocenters. The quantitative estimate of drug-likeness (QED) is 0.299. The maximum atomic E-state index is 14.0. The first-order valence-corrected chi connectivity index (χ1v) is 15.1. The number of amides is 3. The molecular weight excluding hydrogens is 605 g/mol. The van der Waals surface area contributed by atoms with Crippen molar-refractivity contribution in [3.63, 3.8) is 0 Å². The highest BCUT2D eigenvalue weighted by atomic mass is 35.5. The van der Waals surface area contributed by atoms with Gasteiger partial charge in [-0.25, -0.2) is 4.79 Å². The number of carbonyl (C=O) groups is 3. The van der Waals surface area contributed by atoms with E-state index in [1.54, 1.807) is 47.1 Å². The number of halogens is 2. The number of hydrogen-bond donors (Lipinski definition) is 1. The van der Waals surface area contributed by atoms with Gasteiger partial charge in [0.05, 0.1) is 20.6 Å². The number of aryl methyl sites for hydroxylation is 1. The fraction of sp³-hybridized carbons (Fsp3) is 0.364. The molecular formula is C33H35Cl2N3O6. The Labute approximate surface area is 266 Å². The highest BCUT2D eigenvalue weighted by Crippen LogP contribution is 2.39. The lowest BCUT2D eigenvalue weighted by atomic mass is 9.77. The Hall–Kier alpha value is -3.95. The normalized spacial score (nSPS) is 18.2. The standard InChI is InChI=1S/C33H35Cl2N3O6/c1-21-4-8-26(9-5-21)38-20-33(16-31(40)41,19-37(32(38)42)17-23-6-7-25(34)14-27(23)35)15-30(39)36-11-10-22-12-28(43-2)29(44-3)13-24(22)18-36/h4-9,12-14H,10-11,15-20H2,1-3H3,(H,40,41). The van der Waals surface area contributed by atoms with Gasteiger partial charge < -0.3 is 24.4 Å². The second kappa shape index (κ2) is 13.0. The van der Waals surface area contributed by atoms with Crippen LogP contribution in [0.5, 0.6) is 11.5 Å². The first-order chi connectivity index (χ1) is 21.0. The van der Waals surface area contributed by atoms with Gasteiger partial charge >= 0.3 is 12.0 Å². The van der Waals surface area contributed by atoms with Gasteiger partial charge in [-0.1, -0.05) is 47.0 Å². The molecule has 2 heterocycles. The molecule has 11 heteroatoms. The molecule has 2 aliphatic rings. The number of urea groups is 1. The van der Waals surface area contributed by atoms with Gasteiger partial charge in [0, 0.05) is 60.3 Å². The van der Waals surface area contributed by atoms with Crippen LogP contribution in [-0.4, -0.2) is 66.7 Å². The van der Waals surface area contributed by atoms with Crippen molar-refractivity contribution in [3.05, 3.63) is 86.9 Å². The van der Waals surface area contributed by atoms with Crippen LogP contribution in [0.1, 0.15) is 35.1 Å². The topological polar surface area (TPSA) is 99.6 Å². The van der Waals surface area contributed by atoms with Crippen LogP contribution < -0.4 is 14.4 Å². The van der Waals surface area contributed by atoms with Gasteiger partial charge in [-0.3, -0.25) is 14.5 Å². The molecule has 2 aliphatic heterocycles. The molecule has 232 valence electrons. The lowest BCUT2D eigenvalue weighted by Gasteiger charge is -2.47. The minimum Gasteiger partial charge on any atom is -0.493 e. The largest absolute Gasteiger partial charge is 0.493 e. The van der Waals surface area contributed by atoms with Crippen LogP contribution in [0.25, 0.3) is 0 Å². The molecule has 3 aromatic carbocycles. The van der Waals surface area contributed by atoms with Crippen molar-refractivity contribution in [3.8, 4) is 11.5 Å². The third-order valence-electron chi connectivity index (χ3n) is 8.37. The molecule has 3 amide bonds. The fourth-order valence-corrected chi connectivity index (χ4v) is 6.61. The van der Waals surface area contributed by atoms with E-state index in [0.29, 0.717) is 52.3 Å². The fourth-order valence-electron chi connectivity index (χ4n) is 6.14. The van der Waals surface area contributed by atoms with E-state index in [1.165, 1.54) is 0 Å². The van der Waals surface area contributed by atoms with Gasteiger partial charge in [0.15, 0.2) is 11.5 Å². The van der Waals surface area contributed by atoms with E-state index in [0.717, 1.165) is 16.7 Å². The molecule has 0 aliphatic carbocycles. The van der Waals surface area contributed by atoms with Crippen LogP contribution in [0, 0.1) is 12.3 Å². The number of methoxy groups -OCH3 is 2. The number of carboxylic acids is 1. The number of rotatable bonds is 9. The highest BCUT2D eigenvalue weighted by molar-refractivity contribution is 6.35. The van der Waals surface area contributed by atoms with Crippen molar-refractivity contribution in [1.29, 1.82) is 0 Å². The molecule has 0 spiro atoms. The number of carbonyl (C=O) groups excluding carboxylic acids is 2. The molecule has 0 bridgehead atoms. The summed E-state index contributed by atoms with van der Waals surface area (Å²) in [4.78, 5) is 45.2. The van der Waals surface area contributed by atoms with Gasteiger partial charge in [0.2, 0.25) is 5.91 Å². The molecule has 0 radical (unpaired) electrons. The monoisotopic (exact) mass is 639 g/mol. The molecule has 3 aromatic rings. The predicted molar refractivity (Wildman–Crippen MR) is 169 cm³/mol. The van der Waals surface area contributed by atoms with E-state index in [2.05, 4.69) is 0 Å². The minimum atomic E-state index is -1.07. The number of nitrogens with zero attached hydrogens (tertiary/aromatic N) is 3. The Morgan fingerprint density at radius 2 is 1.61 bits per heavy atom. The summed E-state index contributed by atoms with van der Waals surface area (Å²) in [6.45, 7) is 3.07. The molecule has 0 aromatic heterocycles. The average Bonchev–Trinajstić information content (AvgIpc) is 2.99. The second-order valence-electron chi connectivity index (χ2n) is 11.6. The summed E-state index contributed by atoms with van der Waals surface area (Å²) in [6.07, 6.45) is 0.277. The minimum absolute atomic E-state index is 0.0532. The highest BCUT2D eigenvalue weighted by Gasteiger charge is 2.47. The number of hydrogen-bond acceptors (Lipinski definition) is 5. The van der Waals surface area contributed by atoms with Gasteiger partial charge in [-0.2, -0.15) is 0 Å². The van der Waals surface area contributed by atoms with Gasteiger partial charge in [0.1, 0.15) is 0 Å². The molecule has 5 rings (SSSR count). The van der Waals surface area contributed by atoms with Crippen LogP contribution in [0.2, 0.25) is 10.0 Å². The Morgan fingerprint density at radius 3 is 2.25 bits per heavy atom. The van der Waals surface area contributed by atoms with Gasteiger partial charge in [-0.15, -0.1) is 0 Å². The van der Waals surface area contributed by atoms with Crippen LogP contribution in [0.3, 0.4) is 0 Å². The van der Waals surface area contributed by atoms with Crippen molar-refractivity contribution in [2.24, 2.45) is 5.41 Å². The van der Waals surface area contributed by atoms with E-state index in [4.69, 9.17) is 32.7 Å². The first-order valence-electron chi connectivity index (χ1n) is 14.3. The summed E-state index contributed by atoms with van der Waals surface area (Å²) in [5, 5.41) is 11.0. The molecule has 0 saturated carbocycles. The Balaban J connectivity index is 1.47. The SMILES string of the molecule is COc1cc2c(cc1OC)CN(C(=O)CC1(CC(=O)O)CN(Cc3ccc(Cl)cc3Cl)C(=O)N(c3ccc(C)cc3)C1)CC2. The van der Waals surface area contributed by atoms with Gasteiger partial charge in [0.25, 0.3) is 0 Å². The van der Waals surface area contributed by atoms with Crippen LogP contribution in [-0.2, 0) is 29.1 Å². The molecule has 1 saturated heterocycles. The van der Waals surface area contributed by atoms with E-state index in [-0.39, 0.29) is 44.4 Å². The van der Waals surface area contributed by atoms with Gasteiger partial charge in [-0.05, 0) is 66.4 Å². The summed E-state index contributed by atoms with van der Waals surface area (Å²) in [7, 11) is 3.16. The Morgan fingerprint density at radius 1 is 0.932 bits per heavy atom. The molecule has 1 fully saturated rings. The average molecular weight is 641 g/mol. The lowest BCUT2D eigenvalue weighted by molar-refractivity contribution is -0.142. The third-order valence-corrected chi connectivity index (χ3v) is 8.95. The van der Waals surface area contributed by atoms with Crippen molar-refractivity contribution >= 4 is 46.8 Å². The molecule has 44 heavy (non-hydrogen) atoms. The third kappa shape index (κ3) is 6.74. The Kier molecular flexibility index (Phi) is 9.27. The number of aliphatic carboxylic acids is 1. The molecule has 1 N–H and O–H groups in total. The number of ether oxygens (including phenoxy) is 2. The number of fused-ring (bicyclic) bond motifs is 1. The number of benzene rings is 3. The zero-order valence-electron chi connectivity index (χ0n) is 24.9. The van der Waals surface area contributed by atoms with Crippen molar-refractivity contribution in [2.45, 2.75) is 39.3 Å². The summed E-state index contributed by atoms with van der Waals surface area (Å²) >= 11 is 12.6. The van der Waals surface area contributed by atoms with Crippen molar-refractivity contribution in [1.82, 2.24) is 9.80 Å². The van der Waals surface area contributed by atoms with Crippen LogP contribution >= 0.6 is 23.2 Å². The van der Waals surface area contributed by atoms with Crippen LogP contribution in [0.4, 0.5) is 10.5 Å². The van der Waals surface area contributed by atoms with E-state index < -0.39 is 11.4 Å². The van der Waals surface area contributed by atoms with Crippen LogP contribution in [0.15, 0.2) is 54.6 Å². The molecule has 1 unspecified atom stereocenters. The van der Waals surface area contributed by atoms with Crippen molar-refractivity contribution in [2.75, 3.05) is 38.8 Å². The first kappa shape index (κ1) is 31.5. The molecule has 9 nitrogen and oxygen atoms in total. The summed E-state index contributed by atoms with van der Waals surface area (Å²) in [5.74, 6) is 0.00462. The Bertz CT molecular complexity index is 1580. The number of carboxylic acid groups (broad SMARTS) is 1. The predicted octanol–water partition coefficient (Wildman–Crippen LogP) is 6.20. The maximum Gasteiger partial charge on any atom is 0.324 e. The summed E-state index contributed by atoms with van der Waals surface area (Å²) < 4.78 is 10.9. The van der Waals surface area contributed by atoms with Crippen molar-refractivity contribution < 1.29 is 29.0 Å². The van der Waals surface area contributed by atoms with E-state index >= 15 is 0 Å². The summed E-state index contributed by atoms with van der Waals surface area (Å²) in [5.41, 5.74) is 3.28. The lowest BCUT2D eigenvalue weighted by Crippen LogP contribution is -2.60. The summed E-state index contributed by atoms with van der Waals surface area (Å²) in [6, 6.07) is 16.1. The zero-order chi connectivity index (χ0) is 31.6. The number of anilines is 1. The van der Waals surface area contributed by atoms with E-state index in [1.807, 2.05) is 43.3 Å². The van der Waals surface area contributed by atoms with E-state index in [9.17, 15) is 19.5 Å².